The number of carbonyl (C=O) groups is 1. The summed E-state index contributed by atoms with van der Waals surface area (Å²) in [5.41, 5.74) is 4.98. The van der Waals surface area contributed by atoms with E-state index in [9.17, 15) is 14.9 Å². The van der Waals surface area contributed by atoms with Gasteiger partial charge in [0.1, 0.15) is 0 Å². The number of para-hydroxylation sites is 1. The van der Waals surface area contributed by atoms with Crippen LogP contribution in [0.15, 0.2) is 53.8 Å². The van der Waals surface area contributed by atoms with Gasteiger partial charge >= 0.3 is 0 Å². The molecule has 0 unspecified atom stereocenters. The topological polar surface area (TPSA) is 100 Å². The van der Waals surface area contributed by atoms with Crippen LogP contribution in [0.25, 0.3) is 10.9 Å². The molecule has 0 saturated heterocycles. The lowest BCUT2D eigenvalue weighted by Crippen LogP contribution is -2.17. The van der Waals surface area contributed by atoms with E-state index in [4.69, 9.17) is 0 Å². The number of fused-ring (bicyclic) bond motifs is 1. The summed E-state index contributed by atoms with van der Waals surface area (Å²) in [5.74, 6) is -0.427. The average molecular weight is 322 g/mol. The second-order valence-corrected chi connectivity index (χ2v) is 5.25. The number of nitrogens with one attached hydrogen (secondary N) is 2. The van der Waals surface area contributed by atoms with Crippen molar-refractivity contribution >= 4 is 28.7 Å². The number of aromatic amines is 1. The van der Waals surface area contributed by atoms with Crippen LogP contribution in [-0.2, 0) is 0 Å². The maximum atomic E-state index is 12.1. The molecule has 0 atom stereocenters. The van der Waals surface area contributed by atoms with Crippen LogP contribution in [0.1, 0.15) is 21.5 Å². The maximum absolute atomic E-state index is 12.1. The minimum atomic E-state index is -0.480. The van der Waals surface area contributed by atoms with Gasteiger partial charge in [-0.1, -0.05) is 18.2 Å². The molecular weight excluding hydrogens is 308 g/mol. The van der Waals surface area contributed by atoms with Gasteiger partial charge in [-0.3, -0.25) is 14.9 Å². The Bertz CT molecular complexity index is 959. The van der Waals surface area contributed by atoms with Crippen LogP contribution in [0.4, 0.5) is 5.69 Å². The molecule has 0 aliphatic heterocycles. The standard InChI is InChI=1S/C17H14N4O3/c1-11-8-12(6-7-16(11)21(23)24)17(22)20-19-10-13-9-18-15-5-3-2-4-14(13)15/h2-10,18H,1H3,(H,20,22)/b19-10+. The van der Waals surface area contributed by atoms with Gasteiger partial charge in [0.25, 0.3) is 11.6 Å². The van der Waals surface area contributed by atoms with Crippen LogP contribution < -0.4 is 5.43 Å². The highest BCUT2D eigenvalue weighted by Crippen LogP contribution is 2.19. The molecule has 24 heavy (non-hydrogen) atoms. The van der Waals surface area contributed by atoms with E-state index in [0.717, 1.165) is 16.5 Å². The van der Waals surface area contributed by atoms with Gasteiger partial charge in [-0.25, -0.2) is 5.43 Å². The number of amides is 1. The normalized spacial score (nSPS) is 11.0. The van der Waals surface area contributed by atoms with E-state index in [1.807, 2.05) is 24.3 Å². The average Bonchev–Trinajstić information content (AvgIpc) is 2.97. The minimum absolute atomic E-state index is 0.0196. The summed E-state index contributed by atoms with van der Waals surface area (Å²) in [6.07, 6.45) is 3.35. The van der Waals surface area contributed by atoms with E-state index in [1.165, 1.54) is 18.2 Å². The number of aryl methyl sites for hydroxylation is 1. The first-order valence-electron chi connectivity index (χ1n) is 7.21. The van der Waals surface area contributed by atoms with E-state index in [0.29, 0.717) is 11.1 Å². The molecule has 7 nitrogen and oxygen atoms in total. The number of benzene rings is 2. The highest BCUT2D eigenvalue weighted by Gasteiger charge is 2.13. The lowest BCUT2D eigenvalue weighted by atomic mass is 10.1. The summed E-state index contributed by atoms with van der Waals surface area (Å²) in [6.45, 7) is 1.59. The van der Waals surface area contributed by atoms with E-state index < -0.39 is 10.8 Å². The number of nitro groups is 1. The molecular formula is C17H14N4O3. The van der Waals surface area contributed by atoms with Crippen molar-refractivity contribution in [3.05, 3.63) is 75.5 Å². The Morgan fingerprint density at radius 1 is 1.29 bits per heavy atom. The van der Waals surface area contributed by atoms with Crippen molar-refractivity contribution in [2.45, 2.75) is 6.92 Å². The Labute approximate surface area is 137 Å². The maximum Gasteiger partial charge on any atom is 0.272 e. The second-order valence-electron chi connectivity index (χ2n) is 5.25. The van der Waals surface area contributed by atoms with E-state index in [1.54, 1.807) is 19.3 Å². The molecule has 0 bridgehead atoms. The Balaban J connectivity index is 1.73. The summed E-state index contributed by atoms with van der Waals surface area (Å²) in [5, 5.41) is 15.7. The summed E-state index contributed by atoms with van der Waals surface area (Å²) in [7, 11) is 0. The molecule has 0 aliphatic rings. The van der Waals surface area contributed by atoms with E-state index in [-0.39, 0.29) is 5.69 Å². The predicted octanol–water partition coefficient (Wildman–Crippen LogP) is 3.15. The molecule has 0 saturated carbocycles. The van der Waals surface area contributed by atoms with Crippen molar-refractivity contribution in [3.63, 3.8) is 0 Å². The molecule has 0 fully saturated rings. The number of hydrogen-bond donors (Lipinski definition) is 2. The van der Waals surface area contributed by atoms with Crippen LogP contribution in [0.3, 0.4) is 0 Å². The first-order chi connectivity index (χ1) is 11.6. The number of nitrogens with zero attached hydrogens (tertiary/aromatic N) is 2. The molecule has 3 rings (SSSR count). The van der Waals surface area contributed by atoms with Gasteiger partial charge in [-0.2, -0.15) is 5.10 Å². The first kappa shape index (κ1) is 15.4. The second kappa shape index (κ2) is 6.33. The quantitative estimate of drug-likeness (QED) is 0.438. The molecule has 0 spiro atoms. The Kier molecular flexibility index (Phi) is 4.07. The van der Waals surface area contributed by atoms with Crippen LogP contribution in [0, 0.1) is 17.0 Å². The monoisotopic (exact) mass is 322 g/mol. The van der Waals surface area contributed by atoms with Crippen LogP contribution in [0.2, 0.25) is 0 Å². The summed E-state index contributed by atoms with van der Waals surface area (Å²) in [4.78, 5) is 25.5. The van der Waals surface area contributed by atoms with E-state index >= 15 is 0 Å². The van der Waals surface area contributed by atoms with Gasteiger partial charge in [0, 0.05) is 39.9 Å². The third-order valence-corrected chi connectivity index (χ3v) is 3.65. The number of hydrogen-bond acceptors (Lipinski definition) is 4. The molecule has 3 aromatic rings. The Hall–Kier alpha value is -3.48. The fraction of sp³-hybridized carbons (Fsp3) is 0.0588. The van der Waals surface area contributed by atoms with Gasteiger partial charge in [0.15, 0.2) is 0 Å². The van der Waals surface area contributed by atoms with E-state index in [2.05, 4.69) is 15.5 Å². The zero-order chi connectivity index (χ0) is 17.1. The van der Waals surface area contributed by atoms with Crippen LogP contribution in [-0.4, -0.2) is 22.0 Å². The molecule has 1 amide bonds. The molecule has 7 heteroatoms. The van der Waals surface area contributed by atoms with Crippen molar-refractivity contribution in [1.82, 2.24) is 10.4 Å². The summed E-state index contributed by atoms with van der Waals surface area (Å²) >= 11 is 0. The number of hydrazone groups is 1. The first-order valence-corrected chi connectivity index (χ1v) is 7.21. The molecule has 1 aromatic heterocycles. The number of rotatable bonds is 4. The van der Waals surface area contributed by atoms with Crippen molar-refractivity contribution in [3.8, 4) is 0 Å². The molecule has 2 N–H and O–H groups in total. The van der Waals surface area contributed by atoms with Gasteiger partial charge in [0.2, 0.25) is 0 Å². The lowest BCUT2D eigenvalue weighted by Gasteiger charge is -2.02. The number of aromatic nitrogens is 1. The molecule has 0 radical (unpaired) electrons. The SMILES string of the molecule is Cc1cc(C(=O)N/N=C/c2c[nH]c3ccccc23)ccc1[N+](=O)[O-]. The lowest BCUT2D eigenvalue weighted by molar-refractivity contribution is -0.385. The number of H-pyrrole nitrogens is 1. The van der Waals surface area contributed by atoms with Gasteiger partial charge in [-0.15, -0.1) is 0 Å². The fourth-order valence-corrected chi connectivity index (χ4v) is 2.43. The Morgan fingerprint density at radius 2 is 2.08 bits per heavy atom. The van der Waals surface area contributed by atoms with Gasteiger partial charge < -0.3 is 4.98 Å². The smallest absolute Gasteiger partial charge is 0.272 e. The number of nitro benzene ring substituents is 1. The van der Waals surface area contributed by atoms with Crippen LogP contribution >= 0.6 is 0 Å². The largest absolute Gasteiger partial charge is 0.361 e. The Morgan fingerprint density at radius 3 is 2.83 bits per heavy atom. The highest BCUT2D eigenvalue weighted by atomic mass is 16.6. The van der Waals surface area contributed by atoms with Crippen molar-refractivity contribution in [2.75, 3.05) is 0 Å². The predicted molar refractivity (Wildman–Crippen MR) is 91.2 cm³/mol. The van der Waals surface area contributed by atoms with Crippen molar-refractivity contribution in [1.29, 1.82) is 0 Å². The molecule has 120 valence electrons. The third kappa shape index (κ3) is 3.00. The number of carbonyl (C=O) groups excluding carboxylic acids is 1. The highest BCUT2D eigenvalue weighted by molar-refractivity contribution is 6.00. The summed E-state index contributed by atoms with van der Waals surface area (Å²) < 4.78 is 0. The van der Waals surface area contributed by atoms with Gasteiger partial charge in [0.05, 0.1) is 11.1 Å². The molecule has 2 aromatic carbocycles. The summed E-state index contributed by atoms with van der Waals surface area (Å²) in [6, 6.07) is 11.9. The fourth-order valence-electron chi connectivity index (χ4n) is 2.43. The van der Waals surface area contributed by atoms with Crippen molar-refractivity contribution in [2.24, 2.45) is 5.10 Å². The van der Waals surface area contributed by atoms with Crippen LogP contribution in [0.5, 0.6) is 0 Å². The van der Waals surface area contributed by atoms with Crippen molar-refractivity contribution < 1.29 is 9.72 Å². The molecule has 0 aliphatic carbocycles. The van der Waals surface area contributed by atoms with Gasteiger partial charge in [-0.05, 0) is 25.1 Å². The zero-order valence-electron chi connectivity index (χ0n) is 12.8. The minimum Gasteiger partial charge on any atom is -0.361 e. The zero-order valence-corrected chi connectivity index (χ0v) is 12.8. The third-order valence-electron chi connectivity index (χ3n) is 3.65. The molecule has 1 heterocycles.